The van der Waals surface area contributed by atoms with Gasteiger partial charge in [0.1, 0.15) is 0 Å². The first kappa shape index (κ1) is 15.9. The molecule has 0 aliphatic heterocycles. The SMILES string of the molecule is CCN(c1ccccc1)c1cnnc(Nc2ccc(C)cc2C)n1. The van der Waals surface area contributed by atoms with Crippen molar-refractivity contribution in [3.05, 3.63) is 65.9 Å². The van der Waals surface area contributed by atoms with Crippen LogP contribution in [0.3, 0.4) is 0 Å². The van der Waals surface area contributed by atoms with Crippen LogP contribution in [0.5, 0.6) is 0 Å². The topological polar surface area (TPSA) is 53.9 Å². The van der Waals surface area contributed by atoms with Crippen molar-refractivity contribution >= 4 is 23.1 Å². The highest BCUT2D eigenvalue weighted by molar-refractivity contribution is 5.62. The molecule has 1 aromatic heterocycles. The minimum atomic E-state index is 0.494. The average molecular weight is 319 g/mol. The molecule has 1 heterocycles. The lowest BCUT2D eigenvalue weighted by Crippen LogP contribution is -2.18. The Labute approximate surface area is 142 Å². The minimum Gasteiger partial charge on any atom is -0.325 e. The zero-order valence-electron chi connectivity index (χ0n) is 14.2. The number of rotatable bonds is 5. The number of para-hydroxylation sites is 1. The molecule has 0 amide bonds. The highest BCUT2D eigenvalue weighted by Gasteiger charge is 2.11. The summed E-state index contributed by atoms with van der Waals surface area (Å²) in [5.41, 5.74) is 4.45. The van der Waals surface area contributed by atoms with Crippen molar-refractivity contribution in [2.75, 3.05) is 16.8 Å². The number of hydrogen-bond acceptors (Lipinski definition) is 5. The monoisotopic (exact) mass is 319 g/mol. The Hall–Kier alpha value is -2.95. The Balaban J connectivity index is 1.88. The third-order valence-corrected chi connectivity index (χ3v) is 3.84. The van der Waals surface area contributed by atoms with E-state index in [0.29, 0.717) is 5.95 Å². The van der Waals surface area contributed by atoms with Crippen LogP contribution >= 0.6 is 0 Å². The van der Waals surface area contributed by atoms with Crippen LogP contribution in [0.2, 0.25) is 0 Å². The van der Waals surface area contributed by atoms with E-state index in [9.17, 15) is 0 Å². The molecule has 0 spiro atoms. The lowest BCUT2D eigenvalue weighted by molar-refractivity contribution is 0.922. The molecule has 1 N–H and O–H groups in total. The number of nitrogens with zero attached hydrogens (tertiary/aromatic N) is 4. The average Bonchev–Trinajstić information content (AvgIpc) is 2.60. The summed E-state index contributed by atoms with van der Waals surface area (Å²) < 4.78 is 0. The van der Waals surface area contributed by atoms with E-state index >= 15 is 0 Å². The summed E-state index contributed by atoms with van der Waals surface area (Å²) in [6.45, 7) is 7.03. The second-order valence-electron chi connectivity index (χ2n) is 5.66. The number of aromatic nitrogens is 3. The zero-order valence-corrected chi connectivity index (χ0v) is 14.2. The van der Waals surface area contributed by atoms with E-state index in [1.54, 1.807) is 6.20 Å². The molecule has 3 aromatic rings. The maximum atomic E-state index is 4.62. The van der Waals surface area contributed by atoms with Gasteiger partial charge in [0.15, 0.2) is 5.82 Å². The molecule has 2 aromatic carbocycles. The molecular formula is C19H21N5. The molecule has 5 heteroatoms. The molecule has 0 saturated heterocycles. The summed E-state index contributed by atoms with van der Waals surface area (Å²) in [6.07, 6.45) is 1.68. The number of aryl methyl sites for hydroxylation is 2. The van der Waals surface area contributed by atoms with Gasteiger partial charge in [-0.1, -0.05) is 35.9 Å². The first-order valence-electron chi connectivity index (χ1n) is 8.04. The van der Waals surface area contributed by atoms with Gasteiger partial charge in [-0.3, -0.25) is 0 Å². The van der Waals surface area contributed by atoms with Crippen LogP contribution in [-0.4, -0.2) is 21.7 Å². The van der Waals surface area contributed by atoms with E-state index in [1.165, 1.54) is 5.56 Å². The van der Waals surface area contributed by atoms with Crippen LogP contribution in [0, 0.1) is 13.8 Å². The molecule has 0 fully saturated rings. The van der Waals surface area contributed by atoms with Gasteiger partial charge in [-0.2, -0.15) is 10.1 Å². The van der Waals surface area contributed by atoms with E-state index in [1.807, 2.05) is 24.3 Å². The summed E-state index contributed by atoms with van der Waals surface area (Å²) in [6, 6.07) is 16.4. The molecule has 24 heavy (non-hydrogen) atoms. The number of nitrogens with one attached hydrogen (secondary N) is 1. The molecular weight excluding hydrogens is 298 g/mol. The summed E-state index contributed by atoms with van der Waals surface area (Å²) in [5, 5.41) is 11.5. The van der Waals surface area contributed by atoms with Crippen molar-refractivity contribution in [2.45, 2.75) is 20.8 Å². The maximum absolute atomic E-state index is 4.62. The summed E-state index contributed by atoms with van der Waals surface area (Å²) in [7, 11) is 0. The first-order chi connectivity index (χ1) is 11.7. The first-order valence-corrected chi connectivity index (χ1v) is 8.04. The van der Waals surface area contributed by atoms with Crippen molar-refractivity contribution in [1.29, 1.82) is 0 Å². The summed E-state index contributed by atoms with van der Waals surface area (Å²) in [5.74, 6) is 1.26. The van der Waals surface area contributed by atoms with Crippen LogP contribution in [-0.2, 0) is 0 Å². The molecule has 0 aliphatic rings. The largest absolute Gasteiger partial charge is 0.325 e. The Morgan fingerprint density at radius 3 is 2.54 bits per heavy atom. The van der Waals surface area contributed by atoms with Crippen molar-refractivity contribution in [3.8, 4) is 0 Å². The zero-order chi connectivity index (χ0) is 16.9. The van der Waals surface area contributed by atoms with Crippen molar-refractivity contribution in [1.82, 2.24) is 15.2 Å². The van der Waals surface area contributed by atoms with Gasteiger partial charge in [0.25, 0.3) is 0 Å². The molecule has 0 saturated carbocycles. The Morgan fingerprint density at radius 2 is 1.83 bits per heavy atom. The number of benzene rings is 2. The van der Waals surface area contributed by atoms with Crippen LogP contribution in [0.1, 0.15) is 18.1 Å². The minimum absolute atomic E-state index is 0.494. The van der Waals surface area contributed by atoms with Gasteiger partial charge in [-0.15, -0.1) is 5.10 Å². The number of anilines is 4. The van der Waals surface area contributed by atoms with E-state index < -0.39 is 0 Å². The van der Waals surface area contributed by atoms with E-state index in [0.717, 1.165) is 29.3 Å². The highest BCUT2D eigenvalue weighted by atomic mass is 15.3. The molecule has 122 valence electrons. The van der Waals surface area contributed by atoms with Gasteiger partial charge < -0.3 is 10.2 Å². The van der Waals surface area contributed by atoms with Crippen LogP contribution < -0.4 is 10.2 Å². The third-order valence-electron chi connectivity index (χ3n) is 3.84. The molecule has 0 atom stereocenters. The molecule has 5 nitrogen and oxygen atoms in total. The fraction of sp³-hybridized carbons (Fsp3) is 0.211. The van der Waals surface area contributed by atoms with Gasteiger partial charge in [0, 0.05) is 17.9 Å². The molecule has 0 aliphatic carbocycles. The Bertz CT molecular complexity index is 817. The highest BCUT2D eigenvalue weighted by Crippen LogP contribution is 2.24. The third kappa shape index (κ3) is 3.51. The van der Waals surface area contributed by atoms with E-state index in [-0.39, 0.29) is 0 Å². The molecule has 0 unspecified atom stereocenters. The van der Waals surface area contributed by atoms with Gasteiger partial charge >= 0.3 is 0 Å². The molecule has 0 radical (unpaired) electrons. The van der Waals surface area contributed by atoms with Crippen LogP contribution in [0.4, 0.5) is 23.1 Å². The fourth-order valence-corrected chi connectivity index (χ4v) is 2.64. The summed E-state index contributed by atoms with van der Waals surface area (Å²) in [4.78, 5) is 6.72. The van der Waals surface area contributed by atoms with Crippen LogP contribution in [0.15, 0.2) is 54.7 Å². The predicted octanol–water partition coefficient (Wildman–Crippen LogP) is 4.39. The van der Waals surface area contributed by atoms with Crippen molar-refractivity contribution in [2.24, 2.45) is 0 Å². The second-order valence-corrected chi connectivity index (χ2v) is 5.66. The lowest BCUT2D eigenvalue weighted by Gasteiger charge is -2.21. The Morgan fingerprint density at radius 1 is 1.04 bits per heavy atom. The Kier molecular flexibility index (Phi) is 4.70. The van der Waals surface area contributed by atoms with E-state index in [2.05, 4.69) is 70.4 Å². The smallest absolute Gasteiger partial charge is 0.249 e. The second kappa shape index (κ2) is 7.08. The normalized spacial score (nSPS) is 10.5. The number of hydrogen-bond donors (Lipinski definition) is 1. The molecule has 3 rings (SSSR count). The van der Waals surface area contributed by atoms with Crippen molar-refractivity contribution < 1.29 is 0 Å². The van der Waals surface area contributed by atoms with Crippen molar-refractivity contribution in [3.63, 3.8) is 0 Å². The van der Waals surface area contributed by atoms with Gasteiger partial charge in [-0.25, -0.2) is 0 Å². The van der Waals surface area contributed by atoms with Gasteiger partial charge in [0.2, 0.25) is 5.95 Å². The standard InChI is InChI=1S/C19H21N5/c1-4-24(16-8-6-5-7-9-16)18-13-20-23-19(22-18)21-17-11-10-14(2)12-15(17)3/h5-13H,4H2,1-3H3,(H,21,22,23). The summed E-state index contributed by atoms with van der Waals surface area (Å²) >= 11 is 0. The van der Waals surface area contributed by atoms with Gasteiger partial charge in [0.05, 0.1) is 6.20 Å². The lowest BCUT2D eigenvalue weighted by atomic mass is 10.1. The maximum Gasteiger partial charge on any atom is 0.249 e. The quantitative estimate of drug-likeness (QED) is 0.756. The fourth-order valence-electron chi connectivity index (χ4n) is 2.64. The molecule has 0 bridgehead atoms. The van der Waals surface area contributed by atoms with Crippen LogP contribution in [0.25, 0.3) is 0 Å². The van der Waals surface area contributed by atoms with E-state index in [4.69, 9.17) is 0 Å². The predicted molar refractivity (Wildman–Crippen MR) is 98.1 cm³/mol. The van der Waals surface area contributed by atoms with Gasteiger partial charge in [-0.05, 0) is 44.5 Å².